The van der Waals surface area contributed by atoms with E-state index in [1.165, 1.54) is 43.5 Å². The smallest absolute Gasteiger partial charge is 0.255 e. The predicted octanol–water partition coefficient (Wildman–Crippen LogP) is 3.53. The van der Waals surface area contributed by atoms with Crippen LogP contribution in [0.1, 0.15) is 16.8 Å². The van der Waals surface area contributed by atoms with Crippen molar-refractivity contribution in [3.05, 3.63) is 83.9 Å². The van der Waals surface area contributed by atoms with Crippen LogP contribution in [0.4, 0.5) is 20.2 Å². The fourth-order valence-corrected chi connectivity index (χ4v) is 3.96. The number of nitrogens with one attached hydrogen (secondary N) is 3. The first-order valence-corrected chi connectivity index (χ1v) is 11.5. The number of halogens is 2. The highest BCUT2D eigenvalue weighted by atomic mass is 32.2. The summed E-state index contributed by atoms with van der Waals surface area (Å²) in [6.07, 6.45) is -0.183. The molecule has 0 aliphatic heterocycles. The van der Waals surface area contributed by atoms with Gasteiger partial charge in [0.05, 0.1) is 17.7 Å². The van der Waals surface area contributed by atoms with E-state index in [4.69, 9.17) is 4.74 Å². The first-order chi connectivity index (χ1) is 16.2. The molecule has 34 heavy (non-hydrogen) atoms. The van der Waals surface area contributed by atoms with Crippen LogP contribution in [0.5, 0.6) is 5.75 Å². The van der Waals surface area contributed by atoms with E-state index >= 15 is 0 Å². The first-order valence-electron chi connectivity index (χ1n) is 9.98. The number of amides is 2. The average molecular weight is 490 g/mol. The van der Waals surface area contributed by atoms with Gasteiger partial charge in [0.2, 0.25) is 15.9 Å². The molecular weight excluding hydrogens is 468 g/mol. The van der Waals surface area contributed by atoms with E-state index in [1.54, 1.807) is 0 Å². The highest BCUT2D eigenvalue weighted by Gasteiger charge is 2.15. The summed E-state index contributed by atoms with van der Waals surface area (Å²) in [4.78, 5) is 24.6. The zero-order chi connectivity index (χ0) is 24.7. The predicted molar refractivity (Wildman–Crippen MR) is 122 cm³/mol. The molecule has 0 radical (unpaired) electrons. The lowest BCUT2D eigenvalue weighted by Crippen LogP contribution is -2.27. The number of ether oxygens (including phenoxy) is 1. The summed E-state index contributed by atoms with van der Waals surface area (Å²) in [7, 11) is -2.49. The van der Waals surface area contributed by atoms with Crippen LogP contribution in [-0.2, 0) is 14.8 Å². The van der Waals surface area contributed by atoms with Crippen molar-refractivity contribution in [2.24, 2.45) is 0 Å². The normalized spacial score (nSPS) is 11.0. The van der Waals surface area contributed by atoms with E-state index < -0.39 is 33.5 Å². The molecule has 178 valence electrons. The molecule has 2 amide bonds. The minimum absolute atomic E-state index is 0.102. The highest BCUT2D eigenvalue weighted by molar-refractivity contribution is 7.89. The molecule has 0 unspecified atom stereocenters. The maximum Gasteiger partial charge on any atom is 0.255 e. The maximum absolute atomic E-state index is 13.4. The molecule has 0 aliphatic rings. The van der Waals surface area contributed by atoms with Gasteiger partial charge in [-0.15, -0.1) is 0 Å². The minimum Gasteiger partial charge on any atom is -0.495 e. The van der Waals surface area contributed by atoms with Gasteiger partial charge in [-0.3, -0.25) is 9.59 Å². The van der Waals surface area contributed by atoms with Gasteiger partial charge in [-0.1, -0.05) is 6.07 Å². The van der Waals surface area contributed by atoms with Gasteiger partial charge in [0, 0.05) is 24.2 Å². The second kappa shape index (κ2) is 10.9. The van der Waals surface area contributed by atoms with Crippen molar-refractivity contribution >= 4 is 33.2 Å². The van der Waals surface area contributed by atoms with Gasteiger partial charge < -0.3 is 15.4 Å². The Morgan fingerprint density at radius 2 is 1.65 bits per heavy atom. The van der Waals surface area contributed by atoms with Gasteiger partial charge in [0.15, 0.2) is 0 Å². The quantitative estimate of drug-likeness (QED) is 0.426. The highest BCUT2D eigenvalue weighted by Crippen LogP contribution is 2.28. The summed E-state index contributed by atoms with van der Waals surface area (Å²) >= 11 is 0. The SMILES string of the molecule is COc1ccc(NC(=O)CCNS(=O)(=O)c2ccc(F)cc2)cc1NC(=O)c1cccc(F)c1. The zero-order valence-corrected chi connectivity index (χ0v) is 18.8. The molecule has 0 atom stereocenters. The number of carbonyl (C=O) groups excluding carboxylic acids is 2. The van der Waals surface area contributed by atoms with E-state index in [2.05, 4.69) is 15.4 Å². The van der Waals surface area contributed by atoms with Crippen LogP contribution in [0.3, 0.4) is 0 Å². The average Bonchev–Trinajstić information content (AvgIpc) is 2.79. The Kier molecular flexibility index (Phi) is 7.92. The fraction of sp³-hybridized carbons (Fsp3) is 0.130. The molecule has 3 N–H and O–H groups in total. The van der Waals surface area contributed by atoms with Crippen molar-refractivity contribution in [3.63, 3.8) is 0 Å². The van der Waals surface area contributed by atoms with E-state index in [0.717, 1.165) is 30.3 Å². The summed E-state index contributed by atoms with van der Waals surface area (Å²) in [5.74, 6) is -1.87. The number of methoxy groups -OCH3 is 1. The van der Waals surface area contributed by atoms with Crippen molar-refractivity contribution in [1.82, 2.24) is 4.72 Å². The summed E-state index contributed by atoms with van der Waals surface area (Å²) in [5.41, 5.74) is 0.665. The van der Waals surface area contributed by atoms with Crippen molar-refractivity contribution in [2.75, 3.05) is 24.3 Å². The molecule has 0 spiro atoms. The number of hydrogen-bond donors (Lipinski definition) is 3. The Balaban J connectivity index is 1.61. The molecule has 0 saturated heterocycles. The molecule has 3 aromatic rings. The van der Waals surface area contributed by atoms with Crippen LogP contribution in [0.2, 0.25) is 0 Å². The second-order valence-electron chi connectivity index (χ2n) is 7.03. The molecule has 0 aliphatic carbocycles. The lowest BCUT2D eigenvalue weighted by Gasteiger charge is -2.13. The third-order valence-corrected chi connectivity index (χ3v) is 6.06. The molecular formula is C23H21F2N3O5S. The van der Waals surface area contributed by atoms with E-state index in [9.17, 15) is 26.8 Å². The third kappa shape index (κ3) is 6.59. The lowest BCUT2D eigenvalue weighted by molar-refractivity contribution is -0.116. The standard InChI is InChI=1S/C23H21F2N3O5S/c1-33-21-10-7-18(14-20(21)28-23(30)15-3-2-4-17(25)13-15)27-22(29)11-12-26-34(31,32)19-8-5-16(24)6-9-19/h2-10,13-14,26H,11-12H2,1H3,(H,27,29)(H,28,30). The van der Waals surface area contributed by atoms with Gasteiger partial charge in [-0.2, -0.15) is 0 Å². The summed E-state index contributed by atoms with van der Waals surface area (Å²) < 4.78 is 58.3. The van der Waals surface area contributed by atoms with Crippen molar-refractivity contribution < 1.29 is 31.5 Å². The molecule has 0 bridgehead atoms. The van der Waals surface area contributed by atoms with Crippen molar-refractivity contribution in [2.45, 2.75) is 11.3 Å². The first kappa shape index (κ1) is 24.8. The lowest BCUT2D eigenvalue weighted by atomic mass is 10.2. The van der Waals surface area contributed by atoms with Crippen LogP contribution in [0.25, 0.3) is 0 Å². The Bertz CT molecular complexity index is 1300. The summed E-state index contributed by atoms with van der Waals surface area (Å²) in [6.45, 7) is -0.190. The number of anilines is 2. The minimum atomic E-state index is -3.89. The van der Waals surface area contributed by atoms with Crippen LogP contribution in [0.15, 0.2) is 71.6 Å². The number of carbonyl (C=O) groups is 2. The van der Waals surface area contributed by atoms with Crippen LogP contribution < -0.4 is 20.1 Å². The van der Waals surface area contributed by atoms with Gasteiger partial charge in [0.25, 0.3) is 5.91 Å². The third-order valence-electron chi connectivity index (χ3n) is 4.59. The molecule has 0 heterocycles. The van der Waals surface area contributed by atoms with E-state index in [-0.39, 0.29) is 29.1 Å². The van der Waals surface area contributed by atoms with Crippen molar-refractivity contribution in [3.8, 4) is 5.75 Å². The van der Waals surface area contributed by atoms with Gasteiger partial charge in [0.1, 0.15) is 17.4 Å². The number of benzene rings is 3. The Morgan fingerprint density at radius 1 is 0.912 bits per heavy atom. The number of hydrogen-bond acceptors (Lipinski definition) is 5. The fourth-order valence-electron chi connectivity index (χ4n) is 2.93. The van der Waals surface area contributed by atoms with Crippen LogP contribution in [0, 0.1) is 11.6 Å². The van der Waals surface area contributed by atoms with Gasteiger partial charge >= 0.3 is 0 Å². The largest absolute Gasteiger partial charge is 0.495 e. The summed E-state index contributed by atoms with van der Waals surface area (Å²) in [6, 6.07) is 14.0. The molecule has 11 heteroatoms. The summed E-state index contributed by atoms with van der Waals surface area (Å²) in [5, 5.41) is 5.20. The Morgan fingerprint density at radius 3 is 2.32 bits per heavy atom. The van der Waals surface area contributed by atoms with Crippen molar-refractivity contribution in [1.29, 1.82) is 0 Å². The number of sulfonamides is 1. The molecule has 0 aromatic heterocycles. The molecule has 3 aromatic carbocycles. The molecule has 3 rings (SSSR count). The monoisotopic (exact) mass is 489 g/mol. The van der Waals surface area contributed by atoms with E-state index in [1.807, 2.05) is 0 Å². The topological polar surface area (TPSA) is 114 Å². The zero-order valence-electron chi connectivity index (χ0n) is 18.0. The second-order valence-corrected chi connectivity index (χ2v) is 8.80. The Hall–Kier alpha value is -3.83. The van der Waals surface area contributed by atoms with Gasteiger partial charge in [-0.05, 0) is 60.7 Å². The molecule has 0 saturated carbocycles. The van der Waals surface area contributed by atoms with E-state index in [0.29, 0.717) is 11.4 Å². The number of rotatable bonds is 9. The van der Waals surface area contributed by atoms with Gasteiger partial charge in [-0.25, -0.2) is 21.9 Å². The van der Waals surface area contributed by atoms with Crippen LogP contribution in [-0.4, -0.2) is 33.9 Å². The Labute approximate surface area is 195 Å². The van der Waals surface area contributed by atoms with Crippen LogP contribution >= 0.6 is 0 Å². The molecule has 0 fully saturated rings. The maximum atomic E-state index is 13.4. The molecule has 8 nitrogen and oxygen atoms in total.